The SMILES string of the molecule is COC1CN(CC(O)COCc2ccccc2)CC1OC. The fourth-order valence-electron chi connectivity index (χ4n) is 2.66. The van der Waals surface area contributed by atoms with Gasteiger partial charge in [0.25, 0.3) is 0 Å². The zero-order valence-corrected chi connectivity index (χ0v) is 12.8. The van der Waals surface area contributed by atoms with Gasteiger partial charge in [0.15, 0.2) is 0 Å². The number of benzene rings is 1. The Labute approximate surface area is 126 Å². The molecule has 1 aromatic rings. The van der Waals surface area contributed by atoms with Crippen LogP contribution in [0.1, 0.15) is 5.56 Å². The molecule has 3 atom stereocenters. The average molecular weight is 295 g/mol. The monoisotopic (exact) mass is 295 g/mol. The van der Waals surface area contributed by atoms with E-state index in [4.69, 9.17) is 14.2 Å². The molecule has 0 saturated carbocycles. The fourth-order valence-corrected chi connectivity index (χ4v) is 2.66. The third-order valence-electron chi connectivity index (χ3n) is 3.79. The lowest BCUT2D eigenvalue weighted by molar-refractivity contribution is -0.00461. The zero-order chi connectivity index (χ0) is 15.1. The van der Waals surface area contributed by atoms with E-state index in [-0.39, 0.29) is 12.2 Å². The molecule has 1 saturated heterocycles. The van der Waals surface area contributed by atoms with Gasteiger partial charge in [-0.15, -0.1) is 0 Å². The molecule has 21 heavy (non-hydrogen) atoms. The van der Waals surface area contributed by atoms with Crippen molar-refractivity contribution in [3.63, 3.8) is 0 Å². The first kappa shape index (κ1) is 16.4. The molecule has 5 nitrogen and oxygen atoms in total. The molecule has 1 aromatic carbocycles. The highest BCUT2D eigenvalue weighted by Gasteiger charge is 2.33. The van der Waals surface area contributed by atoms with Crippen LogP contribution in [0.5, 0.6) is 0 Å². The summed E-state index contributed by atoms with van der Waals surface area (Å²) in [6.45, 7) is 3.00. The number of nitrogens with zero attached hydrogens (tertiary/aromatic N) is 1. The Balaban J connectivity index is 1.67. The molecule has 0 bridgehead atoms. The maximum atomic E-state index is 10.1. The van der Waals surface area contributed by atoms with E-state index in [1.54, 1.807) is 14.2 Å². The highest BCUT2D eigenvalue weighted by atomic mass is 16.5. The van der Waals surface area contributed by atoms with E-state index in [9.17, 15) is 5.11 Å². The van der Waals surface area contributed by atoms with Gasteiger partial charge in [0, 0.05) is 33.9 Å². The molecule has 1 aliphatic heterocycles. The lowest BCUT2D eigenvalue weighted by atomic mass is 10.2. The fraction of sp³-hybridized carbons (Fsp3) is 0.625. The molecule has 1 fully saturated rings. The summed E-state index contributed by atoms with van der Waals surface area (Å²) in [7, 11) is 3.39. The van der Waals surface area contributed by atoms with Crippen LogP contribution in [0.4, 0.5) is 0 Å². The standard InChI is InChI=1S/C16H25NO4/c1-19-15-9-17(10-16(15)20-2)8-14(18)12-21-11-13-6-4-3-5-7-13/h3-7,14-16,18H,8-12H2,1-2H3. The maximum Gasteiger partial charge on any atom is 0.0971 e. The van der Waals surface area contributed by atoms with Crippen LogP contribution >= 0.6 is 0 Å². The molecule has 2 rings (SSSR count). The maximum absolute atomic E-state index is 10.1. The largest absolute Gasteiger partial charge is 0.389 e. The highest BCUT2D eigenvalue weighted by Crippen LogP contribution is 2.16. The Bertz CT molecular complexity index is 389. The van der Waals surface area contributed by atoms with Crippen LogP contribution in [0, 0.1) is 0 Å². The normalized spacial score (nSPS) is 24.3. The third kappa shape index (κ3) is 5.05. The first-order chi connectivity index (χ1) is 10.2. The van der Waals surface area contributed by atoms with Gasteiger partial charge in [0.1, 0.15) is 0 Å². The van der Waals surface area contributed by atoms with E-state index >= 15 is 0 Å². The van der Waals surface area contributed by atoms with E-state index in [2.05, 4.69) is 4.90 Å². The highest BCUT2D eigenvalue weighted by molar-refractivity contribution is 5.13. The molecule has 0 aliphatic carbocycles. The number of aliphatic hydroxyl groups is 1. The van der Waals surface area contributed by atoms with Crippen molar-refractivity contribution in [1.29, 1.82) is 0 Å². The summed E-state index contributed by atoms with van der Waals surface area (Å²) in [6, 6.07) is 9.97. The molecule has 0 radical (unpaired) electrons. The van der Waals surface area contributed by atoms with E-state index in [1.807, 2.05) is 30.3 Å². The summed E-state index contributed by atoms with van der Waals surface area (Å²) < 4.78 is 16.3. The molecular weight excluding hydrogens is 270 g/mol. The Hall–Kier alpha value is -0.980. The minimum atomic E-state index is -0.498. The van der Waals surface area contributed by atoms with Gasteiger partial charge in [-0.3, -0.25) is 4.90 Å². The number of methoxy groups -OCH3 is 2. The molecule has 0 amide bonds. The average Bonchev–Trinajstić information content (AvgIpc) is 2.90. The van der Waals surface area contributed by atoms with Crippen LogP contribution in [-0.2, 0) is 20.8 Å². The predicted molar refractivity (Wildman–Crippen MR) is 80.1 cm³/mol. The van der Waals surface area contributed by atoms with Crippen molar-refractivity contribution in [3.8, 4) is 0 Å². The lowest BCUT2D eigenvalue weighted by Gasteiger charge is -2.19. The van der Waals surface area contributed by atoms with Crippen molar-refractivity contribution < 1.29 is 19.3 Å². The minimum absolute atomic E-state index is 0.0763. The van der Waals surface area contributed by atoms with Gasteiger partial charge in [0.05, 0.1) is 31.5 Å². The molecule has 118 valence electrons. The van der Waals surface area contributed by atoms with E-state index in [0.29, 0.717) is 19.8 Å². The van der Waals surface area contributed by atoms with Crippen LogP contribution in [0.2, 0.25) is 0 Å². The first-order valence-electron chi connectivity index (χ1n) is 7.30. The van der Waals surface area contributed by atoms with Crippen molar-refractivity contribution in [2.75, 3.05) is 40.5 Å². The number of hydrogen-bond donors (Lipinski definition) is 1. The number of ether oxygens (including phenoxy) is 3. The Morgan fingerprint density at radius 1 is 1.14 bits per heavy atom. The van der Waals surface area contributed by atoms with Crippen LogP contribution in [0.25, 0.3) is 0 Å². The summed E-state index contributed by atoms with van der Waals surface area (Å²) in [5, 5.41) is 10.1. The topological polar surface area (TPSA) is 51.2 Å². The minimum Gasteiger partial charge on any atom is -0.389 e. The van der Waals surface area contributed by atoms with Crippen molar-refractivity contribution in [1.82, 2.24) is 4.90 Å². The number of β-amino-alcohol motifs (C(OH)–C–C–N with tert-alkyl or cyclic N) is 1. The lowest BCUT2D eigenvalue weighted by Crippen LogP contribution is -2.34. The van der Waals surface area contributed by atoms with Gasteiger partial charge in [-0.2, -0.15) is 0 Å². The van der Waals surface area contributed by atoms with Crippen molar-refractivity contribution >= 4 is 0 Å². The molecule has 1 N–H and O–H groups in total. The molecule has 3 unspecified atom stereocenters. The summed E-state index contributed by atoms with van der Waals surface area (Å²) in [5.41, 5.74) is 1.12. The molecule has 0 aromatic heterocycles. The molecule has 1 heterocycles. The van der Waals surface area contributed by atoms with Crippen molar-refractivity contribution in [2.45, 2.75) is 24.9 Å². The summed E-state index contributed by atoms with van der Waals surface area (Å²) in [6.07, 6.45) is -0.346. The van der Waals surface area contributed by atoms with Gasteiger partial charge < -0.3 is 19.3 Å². The Morgan fingerprint density at radius 3 is 2.33 bits per heavy atom. The van der Waals surface area contributed by atoms with Gasteiger partial charge in [0.2, 0.25) is 0 Å². The van der Waals surface area contributed by atoms with Crippen molar-refractivity contribution in [2.24, 2.45) is 0 Å². The van der Waals surface area contributed by atoms with Crippen LogP contribution in [0.15, 0.2) is 30.3 Å². The smallest absolute Gasteiger partial charge is 0.0971 e. The summed E-state index contributed by atoms with van der Waals surface area (Å²) in [5.74, 6) is 0. The quantitative estimate of drug-likeness (QED) is 0.772. The van der Waals surface area contributed by atoms with Crippen LogP contribution in [-0.4, -0.2) is 68.8 Å². The third-order valence-corrected chi connectivity index (χ3v) is 3.79. The number of hydrogen-bond acceptors (Lipinski definition) is 5. The Kier molecular flexibility index (Phi) is 6.60. The van der Waals surface area contributed by atoms with Gasteiger partial charge in [-0.25, -0.2) is 0 Å². The second-order valence-corrected chi connectivity index (χ2v) is 5.42. The number of rotatable bonds is 8. The first-order valence-corrected chi connectivity index (χ1v) is 7.30. The predicted octanol–water partition coefficient (Wildman–Crippen LogP) is 0.910. The number of aliphatic hydroxyl groups excluding tert-OH is 1. The van der Waals surface area contributed by atoms with E-state index in [0.717, 1.165) is 18.7 Å². The zero-order valence-electron chi connectivity index (χ0n) is 12.8. The van der Waals surface area contributed by atoms with E-state index < -0.39 is 6.10 Å². The number of likely N-dealkylation sites (tertiary alicyclic amines) is 1. The molecule has 1 aliphatic rings. The van der Waals surface area contributed by atoms with E-state index in [1.165, 1.54) is 0 Å². The summed E-state index contributed by atoms with van der Waals surface area (Å²) in [4.78, 5) is 2.15. The van der Waals surface area contributed by atoms with Crippen LogP contribution in [0.3, 0.4) is 0 Å². The molecular formula is C16H25NO4. The molecule has 5 heteroatoms. The van der Waals surface area contributed by atoms with Gasteiger partial charge >= 0.3 is 0 Å². The molecule has 0 spiro atoms. The summed E-state index contributed by atoms with van der Waals surface area (Å²) >= 11 is 0. The second-order valence-electron chi connectivity index (χ2n) is 5.42. The van der Waals surface area contributed by atoms with Gasteiger partial charge in [-0.1, -0.05) is 30.3 Å². The van der Waals surface area contributed by atoms with Crippen molar-refractivity contribution in [3.05, 3.63) is 35.9 Å². The van der Waals surface area contributed by atoms with Gasteiger partial charge in [-0.05, 0) is 5.56 Å². The van der Waals surface area contributed by atoms with Crippen LogP contribution < -0.4 is 0 Å². The second kappa shape index (κ2) is 8.46. The Morgan fingerprint density at radius 2 is 1.76 bits per heavy atom.